The molecular formula is C28H31F7N8O5. The predicted molar refractivity (Wildman–Crippen MR) is 146 cm³/mol. The summed E-state index contributed by atoms with van der Waals surface area (Å²) in [7, 11) is 0. The molecule has 13 nitrogen and oxygen atoms in total. The molecule has 0 radical (unpaired) electrons. The van der Waals surface area contributed by atoms with E-state index in [1.54, 1.807) is 0 Å². The van der Waals surface area contributed by atoms with Crippen molar-refractivity contribution in [2.24, 2.45) is 5.92 Å². The number of nitrogens with one attached hydrogen (secondary N) is 1. The molecule has 0 bridgehead atoms. The van der Waals surface area contributed by atoms with Crippen molar-refractivity contribution in [2.45, 2.75) is 100 Å². The van der Waals surface area contributed by atoms with Gasteiger partial charge in [-0.3, -0.25) is 9.59 Å². The molecule has 1 aliphatic carbocycles. The molecule has 20 heteroatoms. The first-order valence-electron chi connectivity index (χ1n) is 15.2. The van der Waals surface area contributed by atoms with Gasteiger partial charge in [0.15, 0.2) is 11.3 Å². The van der Waals surface area contributed by atoms with Gasteiger partial charge in [0.1, 0.15) is 18.4 Å². The largest absolute Gasteiger partial charge is 0.417 e. The van der Waals surface area contributed by atoms with E-state index in [1.165, 1.54) is 13.1 Å². The number of alkyl halides is 7. The van der Waals surface area contributed by atoms with Gasteiger partial charge in [0, 0.05) is 38.6 Å². The van der Waals surface area contributed by atoms with Crippen LogP contribution in [0.4, 0.5) is 30.7 Å². The Hall–Kier alpha value is -3.94. The van der Waals surface area contributed by atoms with Gasteiger partial charge in [-0.25, -0.2) is 36.7 Å². The van der Waals surface area contributed by atoms with E-state index in [9.17, 15) is 45.4 Å². The zero-order valence-electron chi connectivity index (χ0n) is 25.4. The van der Waals surface area contributed by atoms with Crippen LogP contribution in [-0.2, 0) is 9.53 Å². The molecule has 1 saturated carbocycles. The van der Waals surface area contributed by atoms with Crippen LogP contribution in [0.2, 0.25) is 0 Å². The summed E-state index contributed by atoms with van der Waals surface area (Å²) in [6.07, 6.45) is -7.66. The van der Waals surface area contributed by atoms with Crippen LogP contribution in [0.3, 0.4) is 0 Å². The summed E-state index contributed by atoms with van der Waals surface area (Å²) in [5.74, 6) is -8.23. The normalized spacial score (nSPS) is 27.1. The maximum Gasteiger partial charge on any atom is 0.417 e. The zero-order chi connectivity index (χ0) is 34.6. The van der Waals surface area contributed by atoms with Crippen molar-refractivity contribution in [1.29, 1.82) is 0 Å². The number of likely N-dealkylation sites (tertiary alicyclic amines) is 1. The van der Waals surface area contributed by atoms with Gasteiger partial charge < -0.3 is 20.1 Å². The fraction of sp³-hybridized carbons (Fsp3) is 0.679. The highest BCUT2D eigenvalue weighted by Gasteiger charge is 2.58. The van der Waals surface area contributed by atoms with Crippen LogP contribution < -0.4 is 5.32 Å². The number of nitrogens with zero attached hydrogens (tertiary/aromatic N) is 7. The van der Waals surface area contributed by atoms with E-state index in [0.717, 1.165) is 15.6 Å². The lowest BCUT2D eigenvalue weighted by Crippen LogP contribution is -2.57. The molecule has 4 atom stereocenters. The summed E-state index contributed by atoms with van der Waals surface area (Å²) in [6.45, 7) is -0.129. The highest BCUT2D eigenvalue weighted by molar-refractivity contribution is 5.93. The number of aryl methyl sites for hydroxylation is 1. The lowest BCUT2D eigenvalue weighted by molar-refractivity contribution is -0.278. The van der Waals surface area contributed by atoms with Gasteiger partial charge in [0.25, 0.3) is 23.5 Å². The van der Waals surface area contributed by atoms with Gasteiger partial charge >= 0.3 is 6.18 Å². The van der Waals surface area contributed by atoms with Crippen LogP contribution in [-0.4, -0.2) is 94.6 Å². The smallest absolute Gasteiger partial charge is 0.380 e. The highest BCUT2D eigenvalue weighted by Crippen LogP contribution is 2.46. The van der Waals surface area contributed by atoms with Crippen molar-refractivity contribution in [3.63, 3.8) is 0 Å². The van der Waals surface area contributed by atoms with Gasteiger partial charge in [-0.15, -0.1) is 0 Å². The van der Waals surface area contributed by atoms with Crippen molar-refractivity contribution in [3.8, 4) is 0 Å². The van der Waals surface area contributed by atoms with E-state index in [2.05, 4.69) is 35.3 Å². The average Bonchev–Trinajstić information content (AvgIpc) is 3.65. The van der Waals surface area contributed by atoms with Crippen LogP contribution in [0.1, 0.15) is 91.0 Å². The van der Waals surface area contributed by atoms with E-state index in [0.29, 0.717) is 0 Å². The lowest BCUT2D eigenvalue weighted by Gasteiger charge is -2.45. The maximum atomic E-state index is 14.0. The van der Waals surface area contributed by atoms with Crippen LogP contribution in [0, 0.1) is 12.8 Å². The zero-order valence-corrected chi connectivity index (χ0v) is 25.4. The minimum atomic E-state index is -5.07. The van der Waals surface area contributed by atoms with Crippen molar-refractivity contribution < 1.29 is 54.8 Å². The molecule has 2 N–H and O–H groups in total. The molecular weight excluding hydrogens is 661 g/mol. The van der Waals surface area contributed by atoms with E-state index in [-0.39, 0.29) is 47.8 Å². The topological polar surface area (TPSA) is 161 Å². The first-order chi connectivity index (χ1) is 22.5. The van der Waals surface area contributed by atoms with Gasteiger partial charge in [-0.2, -0.15) is 18.3 Å². The molecule has 2 amide bonds. The minimum absolute atomic E-state index is 0.0261. The SMILES string of the molecule is Cc1nonc1C(=O)N[C@H](c1cn2ncc([C@@H]3C[C@@](O)(C(F)(F)F)CCN3C(=O)[C@@H]3CCC(F)(F)CO3)nc2n1)C1CCC(F)(F)CC1. The number of rotatable bonds is 6. The predicted octanol–water partition coefficient (Wildman–Crippen LogP) is 3.88. The van der Waals surface area contributed by atoms with E-state index < -0.39 is 105 Å². The molecule has 3 aromatic rings. The molecule has 2 saturated heterocycles. The van der Waals surface area contributed by atoms with Crippen LogP contribution in [0.25, 0.3) is 5.78 Å². The summed E-state index contributed by atoms with van der Waals surface area (Å²) in [5, 5.41) is 24.7. The Morgan fingerprint density at radius 3 is 2.38 bits per heavy atom. The molecule has 3 fully saturated rings. The summed E-state index contributed by atoms with van der Waals surface area (Å²) in [5.41, 5.74) is -3.17. The number of carbonyl (C=O) groups excluding carboxylic acids is 2. The average molecular weight is 693 g/mol. The number of aliphatic hydroxyl groups is 1. The van der Waals surface area contributed by atoms with Crippen LogP contribution >= 0.6 is 0 Å². The van der Waals surface area contributed by atoms with Gasteiger partial charge in [0.2, 0.25) is 5.92 Å². The second-order valence-electron chi connectivity index (χ2n) is 12.7. The van der Waals surface area contributed by atoms with Crippen molar-refractivity contribution in [1.82, 2.24) is 40.1 Å². The summed E-state index contributed by atoms with van der Waals surface area (Å²) < 4.78 is 108. The second kappa shape index (κ2) is 12.2. The molecule has 0 aromatic carbocycles. The quantitative estimate of drug-likeness (QED) is 0.363. The number of amides is 2. The fourth-order valence-corrected chi connectivity index (χ4v) is 6.47. The van der Waals surface area contributed by atoms with Crippen LogP contribution in [0.5, 0.6) is 0 Å². The van der Waals surface area contributed by atoms with Crippen LogP contribution in [0.15, 0.2) is 17.0 Å². The number of halogens is 7. The Morgan fingerprint density at radius 2 is 1.75 bits per heavy atom. The molecule has 2 aliphatic heterocycles. The number of imidazole rings is 1. The third-order valence-corrected chi connectivity index (χ3v) is 9.31. The first-order valence-corrected chi connectivity index (χ1v) is 15.2. The highest BCUT2D eigenvalue weighted by atomic mass is 19.4. The van der Waals surface area contributed by atoms with Crippen molar-refractivity contribution in [3.05, 3.63) is 35.2 Å². The third kappa shape index (κ3) is 6.68. The maximum absolute atomic E-state index is 14.0. The fourth-order valence-electron chi connectivity index (χ4n) is 6.47. The summed E-state index contributed by atoms with van der Waals surface area (Å²) >= 11 is 0. The van der Waals surface area contributed by atoms with E-state index in [1.807, 2.05) is 0 Å². The Labute approximate surface area is 267 Å². The molecule has 3 aromatic heterocycles. The van der Waals surface area contributed by atoms with Gasteiger partial charge in [0.05, 0.1) is 35.9 Å². The minimum Gasteiger partial charge on any atom is -0.380 e. The summed E-state index contributed by atoms with van der Waals surface area (Å²) in [4.78, 5) is 36.3. The number of fused-ring (bicyclic) bond motifs is 1. The molecule has 6 rings (SSSR count). The molecule has 5 heterocycles. The number of piperidine rings is 1. The second-order valence-corrected chi connectivity index (χ2v) is 12.7. The number of hydrogen-bond donors (Lipinski definition) is 2. The molecule has 262 valence electrons. The molecule has 0 spiro atoms. The number of carbonyl (C=O) groups is 2. The molecule has 0 unspecified atom stereocenters. The number of aromatic nitrogens is 6. The number of hydrogen-bond acceptors (Lipinski definition) is 10. The Morgan fingerprint density at radius 1 is 1.04 bits per heavy atom. The first kappa shape index (κ1) is 33.9. The van der Waals surface area contributed by atoms with E-state index >= 15 is 0 Å². The van der Waals surface area contributed by atoms with E-state index in [4.69, 9.17) is 4.74 Å². The van der Waals surface area contributed by atoms with Crippen molar-refractivity contribution in [2.75, 3.05) is 13.2 Å². The Bertz CT molecular complexity index is 1660. The van der Waals surface area contributed by atoms with Crippen molar-refractivity contribution >= 4 is 17.6 Å². The lowest BCUT2D eigenvalue weighted by atomic mass is 9.81. The number of ether oxygens (including phenoxy) is 1. The molecule has 3 aliphatic rings. The summed E-state index contributed by atoms with van der Waals surface area (Å²) in [6, 6.07) is -2.44. The Kier molecular flexibility index (Phi) is 8.62. The monoisotopic (exact) mass is 692 g/mol. The van der Waals surface area contributed by atoms with Gasteiger partial charge in [-0.05, 0) is 37.3 Å². The van der Waals surface area contributed by atoms with Gasteiger partial charge in [-0.1, -0.05) is 5.16 Å². The standard InChI is InChI=1S/C28H31F7N8O5/c1-14-20(41-48-40-14)22(44)39-21(15-2-5-26(29,30)6-3-15)17-12-43-24(38-17)37-16(11-36-43)18-10-25(46,28(33,34)35)8-9-42(18)23(45)19-4-7-27(31,32)13-47-19/h11-12,15,18-19,21,46H,2-10,13H2,1H3,(H,39,44)/t18-,19-,21-,25+/m0/s1. The Balaban J connectivity index is 1.32. The molecule has 48 heavy (non-hydrogen) atoms. The third-order valence-electron chi connectivity index (χ3n) is 9.31.